The standard InChI is InChI=1S/C14H12FNO4/c1-2-7-16-13(17)9-20-12-5-3-10(8-11(12)15)4-6-14(18)19/h1,3-6,8H,7,9H2,(H,16,17)(H,18,19)/b6-4+. The number of nitrogens with one attached hydrogen (secondary N) is 1. The van der Waals surface area contributed by atoms with Crippen molar-refractivity contribution < 1.29 is 23.8 Å². The van der Waals surface area contributed by atoms with Crippen molar-refractivity contribution in [3.05, 3.63) is 35.7 Å². The van der Waals surface area contributed by atoms with Crippen molar-refractivity contribution in [3.8, 4) is 18.1 Å². The smallest absolute Gasteiger partial charge is 0.328 e. The zero-order valence-electron chi connectivity index (χ0n) is 10.4. The van der Waals surface area contributed by atoms with E-state index in [0.29, 0.717) is 5.56 Å². The Morgan fingerprint density at radius 1 is 1.50 bits per heavy atom. The number of rotatable bonds is 6. The van der Waals surface area contributed by atoms with Crippen LogP contribution in [0.5, 0.6) is 5.75 Å². The fraction of sp³-hybridized carbons (Fsp3) is 0.143. The highest BCUT2D eigenvalue weighted by Gasteiger charge is 2.06. The number of benzene rings is 1. The Labute approximate surface area is 115 Å². The number of ether oxygens (including phenoxy) is 1. The zero-order valence-corrected chi connectivity index (χ0v) is 10.4. The highest BCUT2D eigenvalue weighted by Crippen LogP contribution is 2.19. The Morgan fingerprint density at radius 2 is 2.25 bits per heavy atom. The van der Waals surface area contributed by atoms with Gasteiger partial charge >= 0.3 is 5.97 Å². The van der Waals surface area contributed by atoms with Crippen molar-refractivity contribution in [1.29, 1.82) is 0 Å². The maximum Gasteiger partial charge on any atom is 0.328 e. The van der Waals surface area contributed by atoms with Gasteiger partial charge in [0.25, 0.3) is 5.91 Å². The summed E-state index contributed by atoms with van der Waals surface area (Å²) in [6.45, 7) is -0.285. The monoisotopic (exact) mass is 277 g/mol. The maximum absolute atomic E-state index is 13.6. The second kappa shape index (κ2) is 7.59. The Kier molecular flexibility index (Phi) is 5.78. The van der Waals surface area contributed by atoms with Crippen LogP contribution in [0.25, 0.3) is 6.08 Å². The van der Waals surface area contributed by atoms with Gasteiger partial charge in [-0.25, -0.2) is 9.18 Å². The van der Waals surface area contributed by atoms with Gasteiger partial charge in [-0.3, -0.25) is 4.79 Å². The molecule has 5 nitrogen and oxygen atoms in total. The number of carboxylic acids is 1. The molecule has 1 rings (SSSR count). The SMILES string of the molecule is C#CCNC(=O)COc1ccc(/C=C/C(=O)O)cc1F. The summed E-state index contributed by atoms with van der Waals surface area (Å²) >= 11 is 0. The summed E-state index contributed by atoms with van der Waals surface area (Å²) < 4.78 is 18.6. The van der Waals surface area contributed by atoms with E-state index in [9.17, 15) is 14.0 Å². The molecule has 0 unspecified atom stereocenters. The number of hydrogen-bond acceptors (Lipinski definition) is 3. The Hall–Kier alpha value is -2.81. The van der Waals surface area contributed by atoms with E-state index in [1.807, 2.05) is 0 Å². The molecule has 0 fully saturated rings. The molecule has 0 spiro atoms. The van der Waals surface area contributed by atoms with E-state index in [1.165, 1.54) is 18.2 Å². The lowest BCUT2D eigenvalue weighted by molar-refractivity contribution is -0.131. The van der Waals surface area contributed by atoms with Crippen LogP contribution in [0.3, 0.4) is 0 Å². The first-order chi connectivity index (χ1) is 9.52. The molecule has 2 N–H and O–H groups in total. The van der Waals surface area contributed by atoms with Crippen LogP contribution in [0.4, 0.5) is 4.39 Å². The molecule has 104 valence electrons. The number of carbonyl (C=O) groups is 2. The lowest BCUT2D eigenvalue weighted by atomic mass is 10.2. The first-order valence-electron chi connectivity index (χ1n) is 5.56. The number of carboxylic acid groups (broad SMARTS) is 1. The fourth-order valence-corrected chi connectivity index (χ4v) is 1.25. The van der Waals surface area contributed by atoms with Gasteiger partial charge in [0.15, 0.2) is 18.2 Å². The van der Waals surface area contributed by atoms with Crippen LogP contribution in [0.1, 0.15) is 5.56 Å². The van der Waals surface area contributed by atoms with Gasteiger partial charge in [-0.2, -0.15) is 0 Å². The Bertz CT molecular complexity index is 575. The highest BCUT2D eigenvalue weighted by atomic mass is 19.1. The molecule has 0 aliphatic heterocycles. The van der Waals surface area contributed by atoms with E-state index in [-0.39, 0.29) is 18.9 Å². The normalized spacial score (nSPS) is 10.0. The van der Waals surface area contributed by atoms with E-state index < -0.39 is 17.7 Å². The molecule has 1 amide bonds. The minimum absolute atomic E-state index is 0.0730. The average Bonchev–Trinajstić information content (AvgIpc) is 2.41. The first-order valence-corrected chi connectivity index (χ1v) is 5.56. The maximum atomic E-state index is 13.6. The summed E-state index contributed by atoms with van der Waals surface area (Å²) in [5.74, 6) is -0.164. The third-order valence-corrected chi connectivity index (χ3v) is 2.12. The molecule has 0 saturated carbocycles. The van der Waals surface area contributed by atoms with Crippen molar-refractivity contribution in [2.45, 2.75) is 0 Å². The molecule has 1 aromatic carbocycles. The minimum Gasteiger partial charge on any atom is -0.481 e. The van der Waals surface area contributed by atoms with Crippen LogP contribution in [-0.4, -0.2) is 30.1 Å². The summed E-state index contributed by atoms with van der Waals surface area (Å²) in [4.78, 5) is 21.5. The third kappa shape index (κ3) is 5.23. The molecule has 20 heavy (non-hydrogen) atoms. The van der Waals surface area contributed by atoms with Crippen LogP contribution in [0, 0.1) is 18.2 Å². The predicted molar refractivity (Wildman–Crippen MR) is 70.4 cm³/mol. The van der Waals surface area contributed by atoms with Crippen molar-refractivity contribution in [2.24, 2.45) is 0 Å². The average molecular weight is 277 g/mol. The van der Waals surface area contributed by atoms with E-state index in [1.54, 1.807) is 0 Å². The van der Waals surface area contributed by atoms with Gasteiger partial charge in [0.1, 0.15) is 0 Å². The van der Waals surface area contributed by atoms with Gasteiger partial charge in [0.05, 0.1) is 6.54 Å². The van der Waals surface area contributed by atoms with E-state index in [0.717, 1.165) is 12.1 Å². The lowest BCUT2D eigenvalue weighted by Gasteiger charge is -2.07. The molecule has 0 aliphatic rings. The molecule has 6 heteroatoms. The second-order valence-electron chi connectivity index (χ2n) is 3.63. The molecule has 0 heterocycles. The van der Waals surface area contributed by atoms with Gasteiger partial charge < -0.3 is 15.2 Å². The van der Waals surface area contributed by atoms with Crippen molar-refractivity contribution >= 4 is 18.0 Å². The summed E-state index contributed by atoms with van der Waals surface area (Å²) in [6, 6.07) is 3.89. The van der Waals surface area contributed by atoms with Crippen molar-refractivity contribution in [2.75, 3.05) is 13.2 Å². The van der Waals surface area contributed by atoms with Crippen LogP contribution >= 0.6 is 0 Å². The number of aliphatic carboxylic acids is 1. The van der Waals surface area contributed by atoms with Crippen molar-refractivity contribution in [1.82, 2.24) is 5.32 Å². The first kappa shape index (κ1) is 15.2. The largest absolute Gasteiger partial charge is 0.481 e. The molecule has 0 aliphatic carbocycles. The van der Waals surface area contributed by atoms with Gasteiger partial charge in [0, 0.05) is 6.08 Å². The summed E-state index contributed by atoms with van der Waals surface area (Å²) in [5, 5.41) is 10.8. The van der Waals surface area contributed by atoms with Gasteiger partial charge in [-0.1, -0.05) is 12.0 Å². The fourth-order valence-electron chi connectivity index (χ4n) is 1.25. The number of carbonyl (C=O) groups excluding carboxylic acids is 1. The molecule has 0 bridgehead atoms. The molecule has 0 radical (unpaired) electrons. The van der Waals surface area contributed by atoms with Crippen LogP contribution in [0.15, 0.2) is 24.3 Å². The number of amides is 1. The number of halogens is 1. The number of hydrogen-bond donors (Lipinski definition) is 2. The summed E-state index contributed by atoms with van der Waals surface area (Å²) in [7, 11) is 0. The van der Waals surface area contributed by atoms with Gasteiger partial charge in [-0.05, 0) is 23.8 Å². The zero-order chi connectivity index (χ0) is 15.0. The molecule has 1 aromatic rings. The lowest BCUT2D eigenvalue weighted by Crippen LogP contribution is -2.29. The van der Waals surface area contributed by atoms with Gasteiger partial charge in [0.2, 0.25) is 0 Å². The molecule has 0 saturated heterocycles. The van der Waals surface area contributed by atoms with E-state index in [2.05, 4.69) is 11.2 Å². The Morgan fingerprint density at radius 3 is 2.85 bits per heavy atom. The van der Waals surface area contributed by atoms with Crippen molar-refractivity contribution in [3.63, 3.8) is 0 Å². The molecular formula is C14H12FNO4. The summed E-state index contributed by atoms with van der Waals surface area (Å²) in [6.07, 6.45) is 7.10. The summed E-state index contributed by atoms with van der Waals surface area (Å²) in [5.41, 5.74) is 0.369. The van der Waals surface area contributed by atoms with Crippen LogP contribution < -0.4 is 10.1 Å². The topological polar surface area (TPSA) is 75.6 Å². The molecular weight excluding hydrogens is 265 g/mol. The number of terminal acetylenes is 1. The van der Waals surface area contributed by atoms with Gasteiger partial charge in [-0.15, -0.1) is 6.42 Å². The second-order valence-corrected chi connectivity index (χ2v) is 3.63. The highest BCUT2D eigenvalue weighted by molar-refractivity contribution is 5.85. The Balaban J connectivity index is 2.62. The minimum atomic E-state index is -1.13. The molecule has 0 atom stereocenters. The third-order valence-electron chi connectivity index (χ3n) is 2.12. The van der Waals surface area contributed by atoms with Crippen LogP contribution in [0.2, 0.25) is 0 Å². The predicted octanol–water partition coefficient (Wildman–Crippen LogP) is 1.05. The quantitative estimate of drug-likeness (QED) is 0.602. The van der Waals surface area contributed by atoms with Crippen LogP contribution in [-0.2, 0) is 9.59 Å². The van der Waals surface area contributed by atoms with E-state index >= 15 is 0 Å². The molecule has 0 aromatic heterocycles. The van der Waals surface area contributed by atoms with E-state index in [4.69, 9.17) is 16.3 Å².